The molecule has 0 spiro atoms. The normalized spacial score (nSPS) is 16.9. The van der Waals surface area contributed by atoms with Crippen molar-refractivity contribution in [1.29, 1.82) is 0 Å². The number of benzodiazepines with no additional fused rings is 1. The number of ether oxygens (including phenoxy) is 1. The highest BCUT2D eigenvalue weighted by Crippen LogP contribution is 2.30. The molecule has 9 heteroatoms. The molecule has 1 amide bonds. The second-order valence-electron chi connectivity index (χ2n) is 8.22. The summed E-state index contributed by atoms with van der Waals surface area (Å²) in [7, 11) is 1.60. The summed E-state index contributed by atoms with van der Waals surface area (Å²) >= 11 is 6.09. The third kappa shape index (κ3) is 5.67. The van der Waals surface area contributed by atoms with Crippen LogP contribution in [-0.4, -0.2) is 47.7 Å². The lowest BCUT2D eigenvalue weighted by molar-refractivity contribution is -0.121. The maximum Gasteiger partial charge on any atom is 0.222 e. The molecule has 6 N–H and O–H groups in total. The minimum absolute atomic E-state index is 0.0579. The number of nitrogens with two attached hydrogens (primary N) is 1. The van der Waals surface area contributed by atoms with Crippen LogP contribution in [0, 0.1) is 0 Å². The molecule has 0 fully saturated rings. The number of nitrogens with zero attached hydrogens (tertiary/aromatic N) is 1. The van der Waals surface area contributed by atoms with Gasteiger partial charge in [-0.15, -0.1) is 0 Å². The molecule has 0 radical (unpaired) electrons. The van der Waals surface area contributed by atoms with Crippen LogP contribution >= 0.6 is 11.6 Å². The Morgan fingerprint density at radius 1 is 1.17 bits per heavy atom. The van der Waals surface area contributed by atoms with Crippen molar-refractivity contribution in [2.24, 2.45) is 10.7 Å². The average Bonchev–Trinajstić information content (AvgIpc) is 2.98. The van der Waals surface area contributed by atoms with Crippen LogP contribution in [-0.2, 0) is 11.2 Å². The van der Waals surface area contributed by atoms with E-state index in [1.54, 1.807) is 31.4 Å². The van der Waals surface area contributed by atoms with Gasteiger partial charge in [0, 0.05) is 28.4 Å². The molecule has 3 aromatic carbocycles. The van der Waals surface area contributed by atoms with Gasteiger partial charge in [0.25, 0.3) is 0 Å². The molecule has 8 nitrogen and oxygen atoms in total. The van der Waals surface area contributed by atoms with Gasteiger partial charge < -0.3 is 31.3 Å². The Kier molecular flexibility index (Phi) is 7.43. The molecule has 4 rings (SSSR count). The quantitative estimate of drug-likeness (QED) is 0.320. The van der Waals surface area contributed by atoms with Gasteiger partial charge in [0.15, 0.2) is 11.5 Å². The Morgan fingerprint density at radius 2 is 1.94 bits per heavy atom. The van der Waals surface area contributed by atoms with Crippen molar-refractivity contribution in [2.75, 3.05) is 19.0 Å². The van der Waals surface area contributed by atoms with E-state index in [1.165, 1.54) is 6.07 Å². The van der Waals surface area contributed by atoms with Crippen molar-refractivity contribution < 1.29 is 19.7 Å². The number of methoxy groups -OCH3 is 1. The van der Waals surface area contributed by atoms with Crippen molar-refractivity contribution >= 4 is 28.9 Å². The number of halogens is 1. The predicted octanol–water partition coefficient (Wildman–Crippen LogP) is 3.43. The van der Waals surface area contributed by atoms with Crippen LogP contribution in [0.5, 0.6) is 17.2 Å². The number of phenolic OH excluding ortho intramolecular Hbond substituents is 2. The number of para-hydroxylation sites is 1. The molecule has 1 aliphatic heterocycles. The molecule has 35 heavy (non-hydrogen) atoms. The van der Waals surface area contributed by atoms with E-state index in [0.717, 1.165) is 16.8 Å². The van der Waals surface area contributed by atoms with Gasteiger partial charge >= 0.3 is 0 Å². The maximum atomic E-state index is 12.8. The Bertz CT molecular complexity index is 1250. The first-order valence-electron chi connectivity index (χ1n) is 11.2. The molecule has 1 aliphatic rings. The van der Waals surface area contributed by atoms with Crippen LogP contribution in [0.3, 0.4) is 0 Å². The number of carbonyl (C=O) groups is 1. The third-order valence-corrected chi connectivity index (χ3v) is 6.09. The summed E-state index contributed by atoms with van der Waals surface area (Å²) < 4.78 is 5.41. The fourth-order valence-corrected chi connectivity index (χ4v) is 4.08. The molecule has 0 saturated carbocycles. The lowest BCUT2D eigenvalue weighted by Crippen LogP contribution is -2.43. The lowest BCUT2D eigenvalue weighted by Gasteiger charge is -2.20. The molecule has 1 heterocycles. The van der Waals surface area contributed by atoms with Gasteiger partial charge in [-0.25, -0.2) is 0 Å². The van der Waals surface area contributed by atoms with Crippen molar-refractivity contribution in [3.8, 4) is 17.2 Å². The predicted molar refractivity (Wildman–Crippen MR) is 137 cm³/mol. The first-order chi connectivity index (χ1) is 16.9. The molecular weight excluding hydrogens is 468 g/mol. The number of rotatable bonds is 7. The lowest BCUT2D eigenvalue weighted by atomic mass is 10.00. The van der Waals surface area contributed by atoms with Gasteiger partial charge in [-0.05, 0) is 48.4 Å². The fourth-order valence-electron chi connectivity index (χ4n) is 3.95. The van der Waals surface area contributed by atoms with Crippen LogP contribution in [0.1, 0.15) is 23.1 Å². The first kappa shape index (κ1) is 24.4. The number of hydrogen-bond donors (Lipinski definition) is 5. The average molecular weight is 495 g/mol. The highest BCUT2D eigenvalue weighted by molar-refractivity contribution is 6.30. The molecule has 1 unspecified atom stereocenters. The van der Waals surface area contributed by atoms with E-state index in [4.69, 9.17) is 27.1 Å². The molecule has 3 aromatic rings. The SMILES string of the molecule is COc1ccc2c(c1)C(c1ccc(Cl)cc1)=N[C@@H](CC(=O)NCCc1cccc(O)c1O)C(N)N2. The topological polar surface area (TPSA) is 129 Å². The summed E-state index contributed by atoms with van der Waals surface area (Å²) in [5.74, 6) is 0.0774. The number of benzene rings is 3. The van der Waals surface area contributed by atoms with Crippen LogP contribution < -0.4 is 21.1 Å². The second-order valence-corrected chi connectivity index (χ2v) is 8.66. The van der Waals surface area contributed by atoms with Crippen molar-refractivity contribution in [3.63, 3.8) is 0 Å². The number of aliphatic imine (C=N–C) groups is 1. The third-order valence-electron chi connectivity index (χ3n) is 5.84. The summed E-state index contributed by atoms with van der Waals surface area (Å²) in [4.78, 5) is 17.7. The number of nitrogens with one attached hydrogen (secondary N) is 2. The van der Waals surface area contributed by atoms with Gasteiger partial charge in [-0.3, -0.25) is 9.79 Å². The van der Waals surface area contributed by atoms with Crippen molar-refractivity contribution in [1.82, 2.24) is 5.32 Å². The van der Waals surface area contributed by atoms with E-state index in [2.05, 4.69) is 10.6 Å². The number of amides is 1. The molecule has 0 aromatic heterocycles. The Labute approximate surface area is 208 Å². The number of fused-ring (bicyclic) bond motifs is 1. The Balaban J connectivity index is 1.54. The zero-order valence-electron chi connectivity index (χ0n) is 19.2. The number of aromatic hydroxyl groups is 2. The van der Waals surface area contributed by atoms with E-state index in [0.29, 0.717) is 28.5 Å². The van der Waals surface area contributed by atoms with Crippen LogP contribution in [0.2, 0.25) is 5.02 Å². The number of phenols is 2. The Morgan fingerprint density at radius 3 is 2.69 bits per heavy atom. The maximum absolute atomic E-state index is 12.8. The molecule has 0 bridgehead atoms. The summed E-state index contributed by atoms with van der Waals surface area (Å²) in [6.07, 6.45) is -0.179. The van der Waals surface area contributed by atoms with E-state index in [9.17, 15) is 15.0 Å². The van der Waals surface area contributed by atoms with Crippen LogP contribution in [0.25, 0.3) is 0 Å². The summed E-state index contributed by atoms with van der Waals surface area (Å²) in [5.41, 5.74) is 10.1. The van der Waals surface area contributed by atoms with Gasteiger partial charge in [-0.1, -0.05) is 35.9 Å². The molecule has 0 saturated heterocycles. The van der Waals surface area contributed by atoms with Crippen molar-refractivity contribution in [2.45, 2.75) is 25.0 Å². The molecule has 2 atom stereocenters. The standard InChI is InChI=1S/C26H27ClN4O4/c1-35-18-9-10-20-19(13-18)24(15-5-7-17(27)8-6-15)30-21(26(28)31-20)14-23(33)29-12-11-16-3-2-4-22(32)25(16)34/h2-10,13,21,26,31-32,34H,11-12,14,28H2,1H3,(H,29,33)/t21-,26?/m0/s1. The fraction of sp³-hybridized carbons (Fsp3) is 0.231. The summed E-state index contributed by atoms with van der Waals surface area (Å²) in [6, 6.07) is 17.1. The smallest absolute Gasteiger partial charge is 0.222 e. The summed E-state index contributed by atoms with van der Waals surface area (Å²) in [5, 5.41) is 26.3. The van der Waals surface area contributed by atoms with Gasteiger partial charge in [0.05, 0.1) is 31.4 Å². The largest absolute Gasteiger partial charge is 0.504 e. The highest BCUT2D eigenvalue weighted by Gasteiger charge is 2.27. The number of anilines is 1. The van der Waals surface area contributed by atoms with Crippen LogP contribution in [0.15, 0.2) is 65.7 Å². The number of hydrogen-bond acceptors (Lipinski definition) is 7. The van der Waals surface area contributed by atoms with Crippen molar-refractivity contribution in [3.05, 3.63) is 82.4 Å². The van der Waals surface area contributed by atoms with Crippen LogP contribution in [0.4, 0.5) is 5.69 Å². The highest BCUT2D eigenvalue weighted by atomic mass is 35.5. The molecule has 182 valence electrons. The van der Waals surface area contributed by atoms with E-state index in [-0.39, 0.29) is 30.4 Å². The number of carbonyl (C=O) groups excluding carboxylic acids is 1. The monoisotopic (exact) mass is 494 g/mol. The zero-order chi connectivity index (χ0) is 24.9. The van der Waals surface area contributed by atoms with E-state index < -0.39 is 12.2 Å². The Hall–Kier alpha value is -3.75. The first-order valence-corrected chi connectivity index (χ1v) is 11.5. The molecular formula is C26H27ClN4O4. The summed E-state index contributed by atoms with van der Waals surface area (Å²) in [6.45, 7) is 0.288. The van der Waals surface area contributed by atoms with Gasteiger partial charge in [0.2, 0.25) is 5.91 Å². The minimum atomic E-state index is -0.604. The van der Waals surface area contributed by atoms with E-state index >= 15 is 0 Å². The second kappa shape index (κ2) is 10.7. The van der Waals surface area contributed by atoms with E-state index in [1.807, 2.05) is 30.3 Å². The molecule has 0 aliphatic carbocycles. The van der Waals surface area contributed by atoms with Gasteiger partial charge in [0.1, 0.15) is 5.75 Å². The minimum Gasteiger partial charge on any atom is -0.504 e. The zero-order valence-corrected chi connectivity index (χ0v) is 19.9. The van der Waals surface area contributed by atoms with Gasteiger partial charge in [-0.2, -0.15) is 0 Å².